The number of rotatable bonds is 7. The van der Waals surface area contributed by atoms with Gasteiger partial charge >= 0.3 is 0 Å². The molecule has 2 rings (SSSR count). The van der Waals surface area contributed by atoms with Gasteiger partial charge in [-0.3, -0.25) is 9.59 Å². The molecular formula is C18H19N3O3. The molecule has 2 aromatic rings. The lowest BCUT2D eigenvalue weighted by molar-refractivity contribution is -0.123. The number of hydrogen-bond donors (Lipinski definition) is 2. The summed E-state index contributed by atoms with van der Waals surface area (Å²) in [5.41, 5.74) is 0.832. The predicted octanol–water partition coefficient (Wildman–Crippen LogP) is 2.54. The molecule has 6 nitrogen and oxygen atoms in total. The molecule has 2 amide bonds. The minimum absolute atomic E-state index is 0.319. The molecule has 1 unspecified atom stereocenters. The van der Waals surface area contributed by atoms with Crippen molar-refractivity contribution in [2.24, 2.45) is 0 Å². The Hall–Kier alpha value is -3.07. The fourth-order valence-corrected chi connectivity index (χ4v) is 2.12. The van der Waals surface area contributed by atoms with E-state index in [9.17, 15) is 9.59 Å². The first-order chi connectivity index (χ1) is 11.7. The van der Waals surface area contributed by atoms with E-state index >= 15 is 0 Å². The van der Waals surface area contributed by atoms with E-state index in [0.717, 1.165) is 12.8 Å². The second kappa shape index (κ2) is 8.53. The van der Waals surface area contributed by atoms with Crippen molar-refractivity contribution in [3.05, 3.63) is 59.5 Å². The third-order valence-electron chi connectivity index (χ3n) is 3.47. The van der Waals surface area contributed by atoms with E-state index in [4.69, 9.17) is 9.68 Å². The van der Waals surface area contributed by atoms with Crippen molar-refractivity contribution in [3.63, 3.8) is 0 Å². The molecule has 0 aliphatic carbocycles. The number of benzene rings is 1. The lowest BCUT2D eigenvalue weighted by Gasteiger charge is -2.16. The first-order valence-electron chi connectivity index (χ1n) is 7.78. The van der Waals surface area contributed by atoms with Crippen LogP contribution in [0.3, 0.4) is 0 Å². The maximum Gasteiger partial charge on any atom is 0.252 e. The van der Waals surface area contributed by atoms with Crippen molar-refractivity contribution in [1.82, 2.24) is 10.6 Å². The zero-order valence-electron chi connectivity index (χ0n) is 13.4. The lowest BCUT2D eigenvalue weighted by atomic mass is 10.1. The summed E-state index contributed by atoms with van der Waals surface area (Å²) < 4.78 is 5.28. The molecule has 1 atom stereocenters. The average Bonchev–Trinajstić information content (AvgIpc) is 3.14. The third kappa shape index (κ3) is 4.46. The van der Waals surface area contributed by atoms with Crippen LogP contribution in [0, 0.1) is 11.3 Å². The molecule has 6 heteroatoms. The normalized spacial score (nSPS) is 11.3. The molecule has 124 valence electrons. The van der Waals surface area contributed by atoms with Crippen molar-refractivity contribution < 1.29 is 14.0 Å². The Bertz CT molecular complexity index is 715. The Morgan fingerprint density at radius 1 is 1.25 bits per heavy atom. The van der Waals surface area contributed by atoms with E-state index in [1.54, 1.807) is 36.4 Å². The maximum atomic E-state index is 12.4. The number of furan rings is 1. The van der Waals surface area contributed by atoms with E-state index in [-0.39, 0.29) is 5.91 Å². The second-order valence-electron chi connectivity index (χ2n) is 5.26. The highest BCUT2D eigenvalue weighted by molar-refractivity contribution is 5.97. The topological polar surface area (TPSA) is 95.1 Å². The van der Waals surface area contributed by atoms with Crippen molar-refractivity contribution >= 4 is 11.8 Å². The van der Waals surface area contributed by atoms with Crippen LogP contribution in [0.5, 0.6) is 0 Å². The first-order valence-corrected chi connectivity index (χ1v) is 7.78. The number of nitrogens with one attached hydrogen (secondary N) is 2. The fourth-order valence-electron chi connectivity index (χ4n) is 2.12. The summed E-state index contributed by atoms with van der Waals surface area (Å²) >= 11 is 0. The fraction of sp³-hybridized carbons (Fsp3) is 0.278. The molecule has 1 aromatic heterocycles. The van der Waals surface area contributed by atoms with E-state index < -0.39 is 11.9 Å². The lowest BCUT2D eigenvalue weighted by Crippen LogP contribution is -2.40. The number of hydrogen-bond acceptors (Lipinski definition) is 4. The smallest absolute Gasteiger partial charge is 0.252 e. The zero-order valence-corrected chi connectivity index (χ0v) is 13.4. The van der Waals surface area contributed by atoms with Gasteiger partial charge in [0.15, 0.2) is 6.04 Å². The predicted molar refractivity (Wildman–Crippen MR) is 88.0 cm³/mol. The number of carbonyl (C=O) groups is 2. The van der Waals surface area contributed by atoms with Crippen molar-refractivity contribution in [3.8, 4) is 6.07 Å². The van der Waals surface area contributed by atoms with E-state index in [0.29, 0.717) is 23.4 Å². The van der Waals surface area contributed by atoms with Gasteiger partial charge in [-0.1, -0.05) is 13.3 Å². The minimum Gasteiger partial charge on any atom is -0.467 e. The van der Waals surface area contributed by atoms with Crippen LogP contribution in [0.1, 0.15) is 47.5 Å². The Labute approximate surface area is 140 Å². The molecule has 0 spiro atoms. The molecule has 0 fully saturated rings. The van der Waals surface area contributed by atoms with E-state index in [1.807, 2.05) is 13.0 Å². The van der Waals surface area contributed by atoms with Crippen LogP contribution in [0.4, 0.5) is 0 Å². The standard InChI is InChI=1S/C18H19N3O3/c1-2-3-10-20-18(23)16(15-5-4-11-24-15)21-17(22)14-8-6-13(12-19)7-9-14/h4-9,11,16H,2-3,10H2,1H3,(H,20,23)(H,21,22). The molecule has 2 N–H and O–H groups in total. The van der Waals surface area contributed by atoms with Gasteiger partial charge in [0, 0.05) is 12.1 Å². The van der Waals surface area contributed by atoms with Gasteiger partial charge in [0.1, 0.15) is 5.76 Å². The minimum atomic E-state index is -0.903. The highest BCUT2D eigenvalue weighted by Gasteiger charge is 2.25. The van der Waals surface area contributed by atoms with Gasteiger partial charge in [0.25, 0.3) is 11.8 Å². The van der Waals surface area contributed by atoms with Crippen LogP contribution in [-0.4, -0.2) is 18.4 Å². The summed E-state index contributed by atoms with van der Waals surface area (Å²) in [6, 6.07) is 10.6. The van der Waals surface area contributed by atoms with Gasteiger partial charge in [-0.25, -0.2) is 0 Å². The summed E-state index contributed by atoms with van der Waals surface area (Å²) in [4.78, 5) is 24.7. The van der Waals surface area contributed by atoms with Gasteiger partial charge in [-0.05, 0) is 42.8 Å². The SMILES string of the molecule is CCCCNC(=O)C(NC(=O)c1ccc(C#N)cc1)c1ccco1. The maximum absolute atomic E-state index is 12.4. The Kier molecular flexibility index (Phi) is 6.15. The summed E-state index contributed by atoms with van der Waals surface area (Å²) in [6.45, 7) is 2.57. The van der Waals surface area contributed by atoms with Crippen LogP contribution in [-0.2, 0) is 4.79 Å². The summed E-state index contributed by atoms with van der Waals surface area (Å²) in [5, 5.41) is 14.3. The largest absolute Gasteiger partial charge is 0.467 e. The van der Waals surface area contributed by atoms with E-state index in [2.05, 4.69) is 10.6 Å². The number of carbonyl (C=O) groups excluding carboxylic acids is 2. The Balaban J connectivity index is 2.11. The summed E-state index contributed by atoms with van der Waals surface area (Å²) in [6.07, 6.45) is 3.28. The molecule has 0 saturated carbocycles. The molecule has 24 heavy (non-hydrogen) atoms. The summed E-state index contributed by atoms with van der Waals surface area (Å²) in [5.74, 6) is -0.363. The highest BCUT2D eigenvalue weighted by atomic mass is 16.3. The van der Waals surface area contributed by atoms with Crippen LogP contribution >= 0.6 is 0 Å². The van der Waals surface area contributed by atoms with E-state index in [1.165, 1.54) is 6.26 Å². The molecule has 0 radical (unpaired) electrons. The Morgan fingerprint density at radius 2 is 2.00 bits per heavy atom. The number of unbranched alkanes of at least 4 members (excludes halogenated alkanes) is 1. The number of amides is 2. The monoisotopic (exact) mass is 325 g/mol. The average molecular weight is 325 g/mol. The molecule has 0 aliphatic heterocycles. The van der Waals surface area contributed by atoms with Crippen LogP contribution in [0.25, 0.3) is 0 Å². The molecular weight excluding hydrogens is 306 g/mol. The quantitative estimate of drug-likeness (QED) is 0.765. The van der Waals surface area contributed by atoms with Gasteiger partial charge in [-0.2, -0.15) is 5.26 Å². The van der Waals surface area contributed by atoms with Gasteiger partial charge in [0.2, 0.25) is 0 Å². The zero-order chi connectivity index (χ0) is 17.4. The molecule has 0 saturated heterocycles. The Morgan fingerprint density at radius 3 is 2.58 bits per heavy atom. The van der Waals surface area contributed by atoms with Gasteiger partial charge in [0.05, 0.1) is 17.9 Å². The summed E-state index contributed by atoms with van der Waals surface area (Å²) in [7, 11) is 0. The number of nitriles is 1. The molecule has 0 aliphatic rings. The highest BCUT2D eigenvalue weighted by Crippen LogP contribution is 2.15. The van der Waals surface area contributed by atoms with Crippen LogP contribution in [0.2, 0.25) is 0 Å². The second-order valence-corrected chi connectivity index (χ2v) is 5.26. The third-order valence-corrected chi connectivity index (χ3v) is 3.47. The van der Waals surface area contributed by atoms with Crippen LogP contribution in [0.15, 0.2) is 47.1 Å². The van der Waals surface area contributed by atoms with Crippen molar-refractivity contribution in [2.75, 3.05) is 6.54 Å². The van der Waals surface area contributed by atoms with Crippen LogP contribution < -0.4 is 10.6 Å². The first kappa shape index (κ1) is 17.3. The molecule has 1 aromatic carbocycles. The van der Waals surface area contributed by atoms with Crippen molar-refractivity contribution in [1.29, 1.82) is 5.26 Å². The van der Waals surface area contributed by atoms with Gasteiger partial charge in [-0.15, -0.1) is 0 Å². The molecule has 0 bridgehead atoms. The molecule has 1 heterocycles. The van der Waals surface area contributed by atoms with Crippen molar-refractivity contribution in [2.45, 2.75) is 25.8 Å². The van der Waals surface area contributed by atoms with Gasteiger partial charge < -0.3 is 15.1 Å². The number of nitrogens with zero attached hydrogens (tertiary/aromatic N) is 1.